The van der Waals surface area contributed by atoms with Gasteiger partial charge in [0, 0.05) is 89.5 Å². The van der Waals surface area contributed by atoms with Crippen LogP contribution in [-0.2, 0) is 33.2 Å². The predicted molar refractivity (Wildman–Crippen MR) is 313 cm³/mol. The maximum atomic E-state index is 11.9. The van der Waals surface area contributed by atoms with Crippen LogP contribution < -0.4 is 5.73 Å². The van der Waals surface area contributed by atoms with Crippen LogP contribution >= 0.6 is 15.9 Å². The van der Waals surface area contributed by atoms with Gasteiger partial charge in [0.1, 0.15) is 0 Å². The minimum Gasteiger partial charge on any atom is -0.396 e. The topological polar surface area (TPSA) is 216 Å². The van der Waals surface area contributed by atoms with Crippen molar-refractivity contribution in [3.63, 3.8) is 0 Å². The number of ether oxygens (including phenoxy) is 4. The summed E-state index contributed by atoms with van der Waals surface area (Å²) in [4.78, 5) is 2.92. The molecule has 1 rings (SSSR count). The van der Waals surface area contributed by atoms with Gasteiger partial charge in [0.2, 0.25) is 0 Å². The molecule has 0 fully saturated rings. The first kappa shape index (κ1) is 80.5. The number of hydrogen-bond acceptors (Lipinski definition) is 12. The quantitative estimate of drug-likeness (QED) is 0.0120. The van der Waals surface area contributed by atoms with Crippen LogP contribution in [0.15, 0.2) is 34.3 Å². The Kier molecular flexibility index (Phi) is 85.0. The molecule has 0 aliphatic heterocycles. The number of nitrogens with two attached hydrogens (primary N) is 1. The van der Waals surface area contributed by atoms with Crippen molar-refractivity contribution in [3.8, 4) is 0 Å². The van der Waals surface area contributed by atoms with Gasteiger partial charge in [-0.15, -0.1) is 0 Å². The lowest BCUT2D eigenvalue weighted by molar-refractivity contribution is 0.124. The third kappa shape index (κ3) is 82.1. The normalized spacial score (nSPS) is 10.5. The maximum Gasteiger partial charge on any atom is 0.296 e. The zero-order valence-electron chi connectivity index (χ0n) is 48.0. The van der Waals surface area contributed by atoms with Gasteiger partial charge in [0.05, 0.1) is 11.5 Å². The zero-order valence-corrected chi connectivity index (χ0v) is 50.4. The lowest BCUT2D eigenvalue weighted by Crippen LogP contribution is -2.08. The van der Waals surface area contributed by atoms with Gasteiger partial charge in [-0.25, -0.2) is 0 Å². The molecule has 0 radical (unpaired) electrons. The summed E-state index contributed by atoms with van der Waals surface area (Å²) in [7, 11) is -3.62. The van der Waals surface area contributed by atoms with E-state index in [1.165, 1.54) is 108 Å². The number of nitrogens with zero attached hydrogens (tertiary/aromatic N) is 3. The second-order valence-electron chi connectivity index (χ2n) is 18.0. The molecule has 73 heavy (non-hydrogen) atoms. The monoisotopic (exact) mass is 1130 g/mol. The lowest BCUT2D eigenvalue weighted by atomic mass is 10.2. The van der Waals surface area contributed by atoms with Crippen molar-refractivity contribution in [2.45, 2.75) is 239 Å². The number of halogens is 1. The molecule has 1 aromatic carbocycles. The predicted octanol–water partition coefficient (Wildman–Crippen LogP) is 15.1. The first-order chi connectivity index (χ1) is 35.6. The summed E-state index contributed by atoms with van der Waals surface area (Å²) in [6, 6.07) is 6.70. The van der Waals surface area contributed by atoms with Gasteiger partial charge in [-0.05, 0) is 153 Å². The highest BCUT2D eigenvalue weighted by molar-refractivity contribution is 9.09. The van der Waals surface area contributed by atoms with Crippen LogP contribution in [0, 0.1) is 6.92 Å². The smallest absolute Gasteiger partial charge is 0.296 e. The number of hydrogen-bond donors (Lipinski definition) is 4. The average molecular weight is 1130 g/mol. The van der Waals surface area contributed by atoms with E-state index in [0.717, 1.165) is 155 Å². The van der Waals surface area contributed by atoms with Crippen molar-refractivity contribution in [1.82, 2.24) is 0 Å². The summed E-state index contributed by atoms with van der Waals surface area (Å²) in [6.45, 7) is 22.3. The molecule has 1 aromatic rings. The van der Waals surface area contributed by atoms with E-state index in [1.54, 1.807) is 24.3 Å². The molecule has 0 heterocycles. The molecule has 0 aliphatic rings. The maximum absolute atomic E-state index is 11.9. The van der Waals surface area contributed by atoms with Crippen molar-refractivity contribution in [2.24, 2.45) is 10.8 Å². The Hall–Kier alpha value is -1.40. The number of azide groups is 1. The molecule has 0 aliphatic carbocycles. The molecule has 0 spiro atoms. The second-order valence-corrected chi connectivity index (χ2v) is 20.4. The molecule has 0 saturated carbocycles. The summed E-state index contributed by atoms with van der Waals surface area (Å²) < 4.78 is 50.7. The molecule has 14 nitrogen and oxygen atoms in total. The van der Waals surface area contributed by atoms with Crippen molar-refractivity contribution in [3.05, 3.63) is 40.3 Å². The summed E-state index contributed by atoms with van der Waals surface area (Å²) in [5.41, 5.74) is 14.4. The van der Waals surface area contributed by atoms with Crippen molar-refractivity contribution >= 4 is 26.0 Å². The SMILES string of the molecule is CCCCCBr.CCCCCOCCCCCN.CCCCCOCCCCCN=[N+]=[N-].CCCCCOCCCCCO.CCCCCOCCCCCOS(=O)(=O)c1ccc(C)cc1.OCCCCCO. The van der Waals surface area contributed by atoms with E-state index in [2.05, 4.69) is 60.6 Å². The van der Waals surface area contributed by atoms with E-state index in [1.807, 2.05) is 6.92 Å². The third-order valence-electron chi connectivity index (χ3n) is 10.7. The average Bonchev–Trinajstić information content (AvgIpc) is 3.39. The van der Waals surface area contributed by atoms with Gasteiger partial charge >= 0.3 is 0 Å². The number of aryl methyl sites for hydroxylation is 1. The van der Waals surface area contributed by atoms with Crippen LogP contribution in [0.3, 0.4) is 0 Å². The Balaban J connectivity index is -0.000000267. The van der Waals surface area contributed by atoms with Crippen LogP contribution in [0.5, 0.6) is 0 Å². The Morgan fingerprint density at radius 3 is 1.12 bits per heavy atom. The Labute approximate surface area is 458 Å². The largest absolute Gasteiger partial charge is 0.396 e. The van der Waals surface area contributed by atoms with E-state index in [0.29, 0.717) is 13.2 Å². The Morgan fingerprint density at radius 1 is 0.479 bits per heavy atom. The first-order valence-electron chi connectivity index (χ1n) is 29.0. The van der Waals surface area contributed by atoms with Crippen molar-refractivity contribution in [2.75, 3.05) is 97.7 Å². The molecule has 0 bridgehead atoms. The molecule has 0 aromatic heterocycles. The summed E-state index contributed by atoms with van der Waals surface area (Å²) in [5.74, 6) is 0. The van der Waals surface area contributed by atoms with Gasteiger partial charge < -0.3 is 40.0 Å². The van der Waals surface area contributed by atoms with Crippen LogP contribution in [0.1, 0.15) is 233 Å². The molecule has 438 valence electrons. The number of aliphatic hydroxyl groups excluding tert-OH is 3. The second kappa shape index (κ2) is 77.1. The number of alkyl halides is 1. The van der Waals surface area contributed by atoms with E-state index in [4.69, 9.17) is 49.7 Å². The molecule has 0 unspecified atom stereocenters. The fraction of sp³-hybridized carbons (Fsp3) is 0.895. The third-order valence-corrected chi connectivity index (χ3v) is 12.5. The Morgan fingerprint density at radius 2 is 0.795 bits per heavy atom. The standard InChI is InChI=1S/C17H28O4S.C10H21N3O.C10H23NO.C10H22O2.C5H11Br.C5H12O2/c1-3-4-6-13-20-14-7-5-8-15-21-22(18,19)17-11-9-16(2)10-12-17;1-2-3-6-9-14-10-7-4-5-8-12-13-11;2*1-2-3-6-9-12-10-7-4-5-8-11;1-2-3-4-5-6;6-4-2-1-3-5-7/h9-12H,3-8,13-15H2,1-2H3;2-10H2,1H3;2-11H2,1H3;11H,2-10H2,1H3;2-5H2,1H3;6-7H,1-5H2. The van der Waals surface area contributed by atoms with Crippen LogP contribution in [0.2, 0.25) is 0 Å². The van der Waals surface area contributed by atoms with Crippen molar-refractivity contribution < 1.29 is 46.9 Å². The molecule has 0 amide bonds. The van der Waals surface area contributed by atoms with Gasteiger partial charge in [0.25, 0.3) is 10.1 Å². The number of aliphatic hydroxyl groups is 3. The molecule has 16 heteroatoms. The van der Waals surface area contributed by atoms with Crippen LogP contribution in [-0.4, -0.2) is 121 Å². The van der Waals surface area contributed by atoms with Gasteiger partial charge in [-0.1, -0.05) is 144 Å². The fourth-order valence-electron chi connectivity index (χ4n) is 6.02. The first-order valence-corrected chi connectivity index (χ1v) is 31.5. The minimum atomic E-state index is -3.62. The summed E-state index contributed by atoms with van der Waals surface area (Å²) in [5, 5.41) is 29.6. The minimum absolute atomic E-state index is 0.220. The number of benzene rings is 1. The van der Waals surface area contributed by atoms with Gasteiger partial charge in [-0.2, -0.15) is 8.42 Å². The molecular formula is C57H117BrN4O10S. The van der Waals surface area contributed by atoms with E-state index >= 15 is 0 Å². The highest BCUT2D eigenvalue weighted by Gasteiger charge is 2.14. The lowest BCUT2D eigenvalue weighted by Gasteiger charge is -2.06. The summed E-state index contributed by atoms with van der Waals surface area (Å²) >= 11 is 3.35. The zero-order chi connectivity index (χ0) is 55.3. The van der Waals surface area contributed by atoms with Crippen LogP contribution in [0.4, 0.5) is 0 Å². The molecule has 5 N–H and O–H groups in total. The van der Waals surface area contributed by atoms with E-state index in [9.17, 15) is 8.42 Å². The van der Waals surface area contributed by atoms with E-state index < -0.39 is 10.1 Å². The summed E-state index contributed by atoms with van der Waals surface area (Å²) in [6.07, 6.45) is 33.7. The highest BCUT2D eigenvalue weighted by Crippen LogP contribution is 2.14. The highest BCUT2D eigenvalue weighted by atomic mass is 79.9. The molecule has 0 saturated heterocycles. The number of unbranched alkanes of at least 4 members (excludes halogenated alkanes) is 20. The molecular weight excluding hydrogens is 1010 g/mol. The van der Waals surface area contributed by atoms with Gasteiger partial charge in [0.15, 0.2) is 0 Å². The molecule has 0 atom stereocenters. The van der Waals surface area contributed by atoms with Crippen molar-refractivity contribution in [1.29, 1.82) is 0 Å². The van der Waals surface area contributed by atoms with E-state index in [-0.39, 0.29) is 24.7 Å². The Bertz CT molecular complexity index is 1210. The number of rotatable bonds is 47. The van der Waals surface area contributed by atoms with Crippen LogP contribution in [0.25, 0.3) is 10.4 Å². The fourth-order valence-corrected chi connectivity index (χ4v) is 7.36. The van der Waals surface area contributed by atoms with Gasteiger partial charge in [-0.3, -0.25) is 4.18 Å².